The molecule has 1 fully saturated rings. The van der Waals surface area contributed by atoms with Gasteiger partial charge >= 0.3 is 0 Å². The number of piperidine rings is 1. The molecule has 1 aliphatic rings. The first kappa shape index (κ1) is 15.6. The number of anilines is 1. The molecule has 1 saturated heterocycles. The summed E-state index contributed by atoms with van der Waals surface area (Å²) in [6, 6.07) is 4.71. The van der Waals surface area contributed by atoms with Crippen molar-refractivity contribution in [1.82, 2.24) is 4.31 Å². The first-order valence-corrected chi connectivity index (χ1v) is 8.26. The van der Waals surface area contributed by atoms with E-state index in [1.807, 2.05) is 0 Å². The van der Waals surface area contributed by atoms with Gasteiger partial charge in [-0.15, -0.1) is 0 Å². The number of nitrogens with zero attached hydrogens (tertiary/aromatic N) is 1. The van der Waals surface area contributed by atoms with Gasteiger partial charge in [-0.1, -0.05) is 24.6 Å². The number of hydrogen-bond donors (Lipinski definition) is 1. The lowest BCUT2D eigenvalue weighted by molar-refractivity contribution is 0.0184. The molecule has 0 bridgehead atoms. The van der Waals surface area contributed by atoms with E-state index in [0.717, 1.165) is 6.42 Å². The van der Waals surface area contributed by atoms with Crippen molar-refractivity contribution in [3.63, 3.8) is 0 Å². The average Bonchev–Trinajstić information content (AvgIpc) is 2.38. The Kier molecular flexibility index (Phi) is 4.59. The largest absolute Gasteiger partial charge is 0.398 e. The van der Waals surface area contributed by atoms with Gasteiger partial charge in [0.1, 0.15) is 4.90 Å². The van der Waals surface area contributed by atoms with Crippen LogP contribution in [0, 0.1) is 5.92 Å². The number of benzene rings is 1. The molecule has 0 amide bonds. The van der Waals surface area contributed by atoms with Crippen molar-refractivity contribution in [2.75, 3.05) is 25.9 Å². The van der Waals surface area contributed by atoms with Crippen molar-refractivity contribution in [1.29, 1.82) is 0 Å². The Hall–Kier alpha value is -0.820. The fourth-order valence-electron chi connectivity index (χ4n) is 2.46. The summed E-state index contributed by atoms with van der Waals surface area (Å²) in [7, 11) is -2.10. The Balaban J connectivity index is 2.36. The van der Waals surface area contributed by atoms with E-state index >= 15 is 0 Å². The van der Waals surface area contributed by atoms with E-state index in [1.165, 1.54) is 10.4 Å². The zero-order valence-corrected chi connectivity index (χ0v) is 13.1. The Morgan fingerprint density at radius 1 is 1.45 bits per heavy atom. The molecular weight excluding hydrogens is 300 g/mol. The summed E-state index contributed by atoms with van der Waals surface area (Å²) in [4.78, 5) is -0.00827. The maximum absolute atomic E-state index is 12.7. The molecule has 0 saturated carbocycles. The normalized spacial score (nSPS) is 24.8. The molecule has 1 heterocycles. The lowest BCUT2D eigenvalue weighted by Gasteiger charge is -2.35. The quantitative estimate of drug-likeness (QED) is 0.865. The number of rotatable bonds is 3. The van der Waals surface area contributed by atoms with E-state index in [2.05, 4.69) is 6.92 Å². The molecule has 0 aromatic heterocycles. The van der Waals surface area contributed by atoms with E-state index in [4.69, 9.17) is 22.1 Å². The topological polar surface area (TPSA) is 72.6 Å². The third kappa shape index (κ3) is 2.79. The minimum absolute atomic E-state index is 0.00827. The number of nitrogens with two attached hydrogens (primary N) is 1. The number of ether oxygens (including phenoxy) is 1. The van der Waals surface area contributed by atoms with Crippen LogP contribution in [0.5, 0.6) is 0 Å². The van der Waals surface area contributed by atoms with Crippen LogP contribution in [0.1, 0.15) is 13.3 Å². The van der Waals surface area contributed by atoms with Gasteiger partial charge in [0.05, 0.1) is 16.8 Å². The summed E-state index contributed by atoms with van der Waals surface area (Å²) in [5.74, 6) is 0.329. The van der Waals surface area contributed by atoms with Gasteiger partial charge in [-0.25, -0.2) is 8.42 Å². The van der Waals surface area contributed by atoms with Gasteiger partial charge in [0.15, 0.2) is 0 Å². The first-order valence-electron chi connectivity index (χ1n) is 6.45. The average molecular weight is 319 g/mol. The van der Waals surface area contributed by atoms with E-state index in [1.54, 1.807) is 19.2 Å². The monoisotopic (exact) mass is 318 g/mol. The van der Waals surface area contributed by atoms with Crippen LogP contribution in [0.25, 0.3) is 0 Å². The van der Waals surface area contributed by atoms with Gasteiger partial charge in [0.2, 0.25) is 10.0 Å². The summed E-state index contributed by atoms with van der Waals surface area (Å²) in [6.45, 7) is 2.83. The van der Waals surface area contributed by atoms with E-state index in [9.17, 15) is 8.42 Å². The molecule has 7 heteroatoms. The summed E-state index contributed by atoms with van der Waals surface area (Å²) < 4.78 is 32.2. The zero-order valence-electron chi connectivity index (χ0n) is 11.5. The molecule has 1 aliphatic heterocycles. The second-order valence-electron chi connectivity index (χ2n) is 5.06. The van der Waals surface area contributed by atoms with Crippen LogP contribution < -0.4 is 5.73 Å². The van der Waals surface area contributed by atoms with E-state index < -0.39 is 10.0 Å². The van der Waals surface area contributed by atoms with Gasteiger partial charge in [-0.2, -0.15) is 4.31 Å². The van der Waals surface area contributed by atoms with Crippen LogP contribution in [0.2, 0.25) is 5.02 Å². The molecule has 0 radical (unpaired) electrons. The molecular formula is C13H19ClN2O3S. The summed E-state index contributed by atoms with van der Waals surface area (Å²) >= 11 is 6.02. The van der Waals surface area contributed by atoms with Gasteiger partial charge in [0, 0.05) is 20.2 Å². The fourth-order valence-corrected chi connectivity index (χ4v) is 4.56. The highest BCUT2D eigenvalue weighted by atomic mass is 35.5. The van der Waals surface area contributed by atoms with Crippen molar-refractivity contribution in [3.8, 4) is 0 Å². The zero-order chi connectivity index (χ0) is 14.9. The highest BCUT2D eigenvalue weighted by Gasteiger charge is 2.35. The second kappa shape index (κ2) is 5.89. The van der Waals surface area contributed by atoms with Crippen molar-refractivity contribution in [2.45, 2.75) is 24.3 Å². The van der Waals surface area contributed by atoms with Crippen molar-refractivity contribution < 1.29 is 13.2 Å². The minimum atomic E-state index is -3.69. The van der Waals surface area contributed by atoms with Crippen LogP contribution >= 0.6 is 11.6 Å². The number of methoxy groups -OCH3 is 1. The third-order valence-electron chi connectivity index (χ3n) is 3.75. The van der Waals surface area contributed by atoms with Gasteiger partial charge in [-0.05, 0) is 24.5 Å². The van der Waals surface area contributed by atoms with E-state index in [-0.39, 0.29) is 21.7 Å². The highest BCUT2D eigenvalue weighted by molar-refractivity contribution is 7.89. The van der Waals surface area contributed by atoms with Crippen LogP contribution in [-0.2, 0) is 14.8 Å². The standard InChI is InChI=1S/C13H19ClN2O3S/c1-9-6-7-16(8-12(9)19-2)20(17,18)13-10(14)4-3-5-11(13)15/h3-5,9,12H,6-8,15H2,1-2H3. The summed E-state index contributed by atoms with van der Waals surface area (Å²) in [5.41, 5.74) is 5.96. The Morgan fingerprint density at radius 3 is 2.75 bits per heavy atom. The van der Waals surface area contributed by atoms with Crippen molar-refractivity contribution in [3.05, 3.63) is 23.2 Å². The fraction of sp³-hybridized carbons (Fsp3) is 0.538. The summed E-state index contributed by atoms with van der Waals surface area (Å²) in [5, 5.41) is 0.151. The van der Waals surface area contributed by atoms with Gasteiger partial charge in [-0.3, -0.25) is 0 Å². The first-order chi connectivity index (χ1) is 9.37. The van der Waals surface area contributed by atoms with Crippen LogP contribution in [0.3, 0.4) is 0 Å². The minimum Gasteiger partial charge on any atom is -0.398 e. The second-order valence-corrected chi connectivity index (χ2v) is 7.34. The van der Waals surface area contributed by atoms with Crippen molar-refractivity contribution in [2.24, 2.45) is 5.92 Å². The Labute approximate surface area is 124 Å². The predicted molar refractivity (Wildman–Crippen MR) is 79.2 cm³/mol. The number of hydrogen-bond acceptors (Lipinski definition) is 4. The molecule has 0 aliphatic carbocycles. The summed E-state index contributed by atoms with van der Waals surface area (Å²) in [6.07, 6.45) is 0.643. The van der Waals surface area contributed by atoms with Gasteiger partial charge < -0.3 is 10.5 Å². The lowest BCUT2D eigenvalue weighted by Crippen LogP contribution is -2.46. The molecule has 2 N–H and O–H groups in total. The molecule has 112 valence electrons. The van der Waals surface area contributed by atoms with Gasteiger partial charge in [0.25, 0.3) is 0 Å². The molecule has 0 spiro atoms. The number of sulfonamides is 1. The molecule has 1 aromatic rings. The van der Waals surface area contributed by atoms with Crippen LogP contribution in [-0.4, -0.2) is 39.0 Å². The molecule has 5 nitrogen and oxygen atoms in total. The predicted octanol–water partition coefficient (Wildman–Crippen LogP) is 1.97. The lowest BCUT2D eigenvalue weighted by atomic mass is 9.97. The van der Waals surface area contributed by atoms with E-state index in [0.29, 0.717) is 19.0 Å². The number of halogens is 1. The SMILES string of the molecule is COC1CN(S(=O)(=O)c2c(N)cccc2Cl)CCC1C. The maximum atomic E-state index is 12.7. The van der Waals surface area contributed by atoms with Crippen LogP contribution in [0.4, 0.5) is 5.69 Å². The van der Waals surface area contributed by atoms with Crippen molar-refractivity contribution >= 4 is 27.3 Å². The smallest absolute Gasteiger partial charge is 0.246 e. The number of nitrogen functional groups attached to an aromatic ring is 1. The third-order valence-corrected chi connectivity index (χ3v) is 6.16. The Bertz CT molecular complexity index is 571. The molecule has 2 atom stereocenters. The van der Waals surface area contributed by atoms with Crippen LogP contribution in [0.15, 0.2) is 23.1 Å². The maximum Gasteiger partial charge on any atom is 0.246 e. The molecule has 1 aromatic carbocycles. The molecule has 2 rings (SSSR count). The molecule has 2 unspecified atom stereocenters. The molecule has 20 heavy (non-hydrogen) atoms. The highest BCUT2D eigenvalue weighted by Crippen LogP contribution is 2.32. The Morgan fingerprint density at radius 2 is 2.15 bits per heavy atom.